The molecular weight excluding hydrogens is 344 g/mol. The quantitative estimate of drug-likeness (QED) is 0.476. The zero-order valence-electron chi connectivity index (χ0n) is 14.8. The normalized spacial score (nSPS) is 20.5. The first kappa shape index (κ1) is 17.0. The third-order valence-electron chi connectivity index (χ3n) is 4.80. The van der Waals surface area contributed by atoms with Crippen LogP contribution in [-0.2, 0) is 20.9 Å². The number of amides is 3. The van der Waals surface area contributed by atoms with E-state index < -0.39 is 23.4 Å². The molecule has 27 heavy (non-hydrogen) atoms. The number of nitrogens with zero attached hydrogens (tertiary/aromatic N) is 2. The average molecular weight is 362 g/mol. The molecule has 0 bridgehead atoms. The molecule has 2 aliphatic heterocycles. The summed E-state index contributed by atoms with van der Waals surface area (Å²) < 4.78 is 5.19. The fourth-order valence-electron chi connectivity index (χ4n) is 3.53. The Morgan fingerprint density at radius 2 is 1.74 bits per heavy atom. The van der Waals surface area contributed by atoms with Crippen molar-refractivity contribution in [3.8, 4) is 0 Å². The molecule has 2 aromatic rings. The summed E-state index contributed by atoms with van der Waals surface area (Å²) in [5.74, 6) is -1.34. The van der Waals surface area contributed by atoms with Gasteiger partial charge in [-0.05, 0) is 30.2 Å². The van der Waals surface area contributed by atoms with Gasteiger partial charge in [0.05, 0.1) is 18.8 Å². The van der Waals surface area contributed by atoms with E-state index in [4.69, 9.17) is 4.74 Å². The molecule has 6 heteroatoms. The number of para-hydroxylation sites is 1. The number of ether oxygens (including phenoxy) is 1. The van der Waals surface area contributed by atoms with E-state index in [9.17, 15) is 14.4 Å². The number of imide groups is 1. The highest BCUT2D eigenvalue weighted by Gasteiger charge is 2.63. The Morgan fingerprint density at radius 1 is 1.04 bits per heavy atom. The number of esters is 1. The molecule has 0 N–H and O–H groups in total. The Labute approximate surface area is 156 Å². The molecule has 0 radical (unpaired) electrons. The van der Waals surface area contributed by atoms with Crippen molar-refractivity contribution in [2.24, 2.45) is 0 Å². The lowest BCUT2D eigenvalue weighted by Crippen LogP contribution is -2.56. The van der Waals surface area contributed by atoms with Gasteiger partial charge in [-0.25, -0.2) is 9.59 Å². The summed E-state index contributed by atoms with van der Waals surface area (Å²) in [6.45, 7) is 1.87. The lowest BCUT2D eigenvalue weighted by atomic mass is 9.90. The molecule has 2 aliphatic rings. The van der Waals surface area contributed by atoms with Gasteiger partial charge < -0.3 is 4.74 Å². The summed E-state index contributed by atoms with van der Waals surface area (Å²) in [5, 5.41) is 0. The predicted molar refractivity (Wildman–Crippen MR) is 99.7 cm³/mol. The maximum Gasteiger partial charge on any atom is 0.346 e. The van der Waals surface area contributed by atoms with E-state index in [0.717, 1.165) is 16.0 Å². The van der Waals surface area contributed by atoms with E-state index in [1.165, 1.54) is 11.0 Å². The van der Waals surface area contributed by atoms with Crippen LogP contribution in [0.2, 0.25) is 0 Å². The van der Waals surface area contributed by atoms with Crippen LogP contribution in [0, 0.1) is 0 Å². The Balaban J connectivity index is 1.83. The van der Waals surface area contributed by atoms with Crippen molar-refractivity contribution in [1.29, 1.82) is 0 Å². The molecule has 1 atom stereocenters. The van der Waals surface area contributed by atoms with Gasteiger partial charge in [0.1, 0.15) is 0 Å². The second-order valence-electron chi connectivity index (χ2n) is 6.37. The minimum Gasteiger partial charge on any atom is -0.464 e. The highest BCUT2D eigenvalue weighted by Crippen LogP contribution is 2.42. The maximum atomic E-state index is 13.3. The smallest absolute Gasteiger partial charge is 0.346 e. The van der Waals surface area contributed by atoms with Gasteiger partial charge >= 0.3 is 12.0 Å². The average Bonchev–Trinajstić information content (AvgIpc) is 2.92. The fraction of sp³-hybridized carbons (Fsp3) is 0.190. The summed E-state index contributed by atoms with van der Waals surface area (Å²) in [7, 11) is 0. The number of carbonyl (C=O) groups is 3. The Hall–Kier alpha value is -3.41. The van der Waals surface area contributed by atoms with E-state index in [-0.39, 0.29) is 13.2 Å². The number of hydrogen-bond donors (Lipinski definition) is 0. The second kappa shape index (κ2) is 6.39. The van der Waals surface area contributed by atoms with Crippen LogP contribution in [-0.4, -0.2) is 35.0 Å². The van der Waals surface area contributed by atoms with E-state index >= 15 is 0 Å². The maximum absolute atomic E-state index is 13.3. The van der Waals surface area contributed by atoms with Gasteiger partial charge in [0, 0.05) is 0 Å². The van der Waals surface area contributed by atoms with Crippen molar-refractivity contribution in [2.75, 3.05) is 11.5 Å². The zero-order chi connectivity index (χ0) is 19.0. The van der Waals surface area contributed by atoms with Gasteiger partial charge in [-0.1, -0.05) is 54.6 Å². The van der Waals surface area contributed by atoms with Gasteiger partial charge in [0.25, 0.3) is 5.91 Å². The summed E-state index contributed by atoms with van der Waals surface area (Å²) in [6.07, 6.45) is 3.17. The molecule has 0 spiro atoms. The predicted octanol–water partition coefficient (Wildman–Crippen LogP) is 2.98. The van der Waals surface area contributed by atoms with Crippen molar-refractivity contribution in [3.05, 3.63) is 71.8 Å². The van der Waals surface area contributed by atoms with E-state index in [1.807, 2.05) is 42.5 Å². The molecule has 1 saturated heterocycles. The Kier molecular flexibility index (Phi) is 4.03. The van der Waals surface area contributed by atoms with Crippen molar-refractivity contribution < 1.29 is 19.1 Å². The van der Waals surface area contributed by atoms with Crippen LogP contribution in [0.15, 0.2) is 60.7 Å². The van der Waals surface area contributed by atoms with Gasteiger partial charge in [-0.3, -0.25) is 14.6 Å². The number of rotatable bonds is 4. The van der Waals surface area contributed by atoms with Crippen LogP contribution >= 0.6 is 0 Å². The highest BCUT2D eigenvalue weighted by atomic mass is 16.5. The lowest BCUT2D eigenvalue weighted by Gasteiger charge is -2.33. The fourth-order valence-corrected chi connectivity index (χ4v) is 3.53. The van der Waals surface area contributed by atoms with Crippen LogP contribution < -0.4 is 4.90 Å². The molecule has 1 unspecified atom stereocenters. The van der Waals surface area contributed by atoms with Crippen LogP contribution in [0.25, 0.3) is 6.08 Å². The monoisotopic (exact) mass is 362 g/mol. The first-order valence-electron chi connectivity index (χ1n) is 8.75. The van der Waals surface area contributed by atoms with Crippen molar-refractivity contribution >= 4 is 29.7 Å². The van der Waals surface area contributed by atoms with Crippen molar-refractivity contribution in [3.63, 3.8) is 0 Å². The van der Waals surface area contributed by atoms with E-state index in [1.54, 1.807) is 25.1 Å². The van der Waals surface area contributed by atoms with E-state index in [0.29, 0.717) is 5.69 Å². The number of carbonyl (C=O) groups excluding carboxylic acids is 3. The summed E-state index contributed by atoms with van der Waals surface area (Å²) in [5.41, 5.74) is 0.286. The topological polar surface area (TPSA) is 66.9 Å². The summed E-state index contributed by atoms with van der Waals surface area (Å²) in [6, 6.07) is 15.8. The van der Waals surface area contributed by atoms with Crippen LogP contribution in [0.3, 0.4) is 0 Å². The van der Waals surface area contributed by atoms with Gasteiger partial charge in [0.15, 0.2) is 0 Å². The molecule has 3 amide bonds. The molecule has 136 valence electrons. The molecule has 0 aromatic heterocycles. The highest BCUT2D eigenvalue weighted by molar-refractivity contribution is 6.29. The van der Waals surface area contributed by atoms with Gasteiger partial charge in [-0.2, -0.15) is 0 Å². The van der Waals surface area contributed by atoms with Crippen LogP contribution in [0.1, 0.15) is 18.1 Å². The summed E-state index contributed by atoms with van der Waals surface area (Å²) >= 11 is 0. The lowest BCUT2D eigenvalue weighted by molar-refractivity contribution is -0.152. The molecule has 1 fully saturated rings. The largest absolute Gasteiger partial charge is 0.464 e. The third kappa shape index (κ3) is 2.44. The second-order valence-corrected chi connectivity index (χ2v) is 6.37. The van der Waals surface area contributed by atoms with Crippen molar-refractivity contribution in [2.45, 2.75) is 19.0 Å². The number of urea groups is 1. The molecule has 0 aliphatic carbocycles. The Morgan fingerprint density at radius 3 is 2.48 bits per heavy atom. The molecule has 6 nitrogen and oxygen atoms in total. The Bertz CT molecular complexity index is 954. The molecule has 2 heterocycles. The van der Waals surface area contributed by atoms with Gasteiger partial charge in [0.2, 0.25) is 5.54 Å². The number of anilines is 1. The standard InChI is InChI=1S/C21H18N2O4/c1-2-27-19(25)21-13-12-16-10-6-7-11-17(16)23(21)20(26)22(18(21)24)14-15-8-4-3-5-9-15/h3-13H,2,14H2,1H3. The van der Waals surface area contributed by atoms with E-state index in [2.05, 4.69) is 0 Å². The SMILES string of the molecule is CCOC(=O)C12C=Cc3ccccc3N1C(=O)N(Cc1ccccc1)C2=O. The first-order valence-corrected chi connectivity index (χ1v) is 8.75. The number of hydrogen-bond acceptors (Lipinski definition) is 4. The summed E-state index contributed by atoms with van der Waals surface area (Å²) in [4.78, 5) is 41.8. The third-order valence-corrected chi connectivity index (χ3v) is 4.80. The van der Waals surface area contributed by atoms with Crippen LogP contribution in [0.5, 0.6) is 0 Å². The molecular formula is C21H18N2O4. The minimum atomic E-state index is -1.80. The number of fused-ring (bicyclic) bond motifs is 3. The molecule has 2 aromatic carbocycles. The first-order chi connectivity index (χ1) is 13.1. The number of benzene rings is 2. The van der Waals surface area contributed by atoms with Crippen molar-refractivity contribution in [1.82, 2.24) is 4.90 Å². The minimum absolute atomic E-state index is 0.0895. The van der Waals surface area contributed by atoms with Gasteiger partial charge in [-0.15, -0.1) is 0 Å². The molecule has 0 saturated carbocycles. The zero-order valence-corrected chi connectivity index (χ0v) is 14.8. The molecule has 4 rings (SSSR count). The van der Waals surface area contributed by atoms with Crippen LogP contribution in [0.4, 0.5) is 10.5 Å².